The van der Waals surface area contributed by atoms with Gasteiger partial charge in [-0.15, -0.1) is 0 Å². The van der Waals surface area contributed by atoms with Crippen molar-refractivity contribution in [2.24, 2.45) is 0 Å². The molecule has 0 radical (unpaired) electrons. The van der Waals surface area contributed by atoms with Crippen LogP contribution in [-0.4, -0.2) is 82.8 Å². The third kappa shape index (κ3) is 4.82. The van der Waals surface area contributed by atoms with Crippen molar-refractivity contribution in [2.75, 3.05) is 27.1 Å². The van der Waals surface area contributed by atoms with Crippen molar-refractivity contribution in [2.45, 2.75) is 67.8 Å². The third-order valence-electron chi connectivity index (χ3n) is 6.87. The number of nitrogens with zero attached hydrogens (tertiary/aromatic N) is 4. The number of hydrogen-bond acceptors (Lipinski definition) is 13. The van der Waals surface area contributed by atoms with Gasteiger partial charge in [-0.25, -0.2) is 4.98 Å². The van der Waals surface area contributed by atoms with Crippen LogP contribution >= 0.6 is 11.8 Å². The highest BCUT2D eigenvalue weighted by Crippen LogP contribution is 2.48. The number of ether oxygens (including phenoxy) is 7. The normalized spacial score (nSPS) is 25.7. The van der Waals surface area contributed by atoms with Crippen LogP contribution in [0.2, 0.25) is 0 Å². The summed E-state index contributed by atoms with van der Waals surface area (Å²) in [6.45, 7) is 0.0696. The second-order valence-corrected chi connectivity index (χ2v) is 10.2. The van der Waals surface area contributed by atoms with Crippen LogP contribution in [0.5, 0.6) is 17.2 Å². The van der Waals surface area contributed by atoms with E-state index in [1.165, 1.54) is 18.1 Å². The molecule has 0 bridgehead atoms. The Balaban J connectivity index is 1.15. The number of rotatable bonds is 10. The van der Waals surface area contributed by atoms with E-state index in [0.717, 1.165) is 30.8 Å². The van der Waals surface area contributed by atoms with Crippen molar-refractivity contribution in [1.29, 1.82) is 0 Å². The molecule has 3 aromatic rings. The predicted molar refractivity (Wildman–Crippen MR) is 131 cm³/mol. The van der Waals surface area contributed by atoms with Crippen molar-refractivity contribution in [1.82, 2.24) is 25.3 Å². The molecule has 0 unspecified atom stereocenters. The second-order valence-electron chi connectivity index (χ2n) is 9.17. The minimum absolute atomic E-state index is 0.0696. The van der Waals surface area contributed by atoms with Crippen molar-refractivity contribution in [3.8, 4) is 28.7 Å². The summed E-state index contributed by atoms with van der Waals surface area (Å²) in [4.78, 5) is 8.66. The van der Waals surface area contributed by atoms with Crippen molar-refractivity contribution >= 4 is 11.8 Å². The van der Waals surface area contributed by atoms with Gasteiger partial charge in [-0.2, -0.15) is 10.1 Å². The molecule has 2 saturated heterocycles. The molecule has 3 aliphatic rings. The summed E-state index contributed by atoms with van der Waals surface area (Å²) < 4.78 is 47.0. The summed E-state index contributed by atoms with van der Waals surface area (Å²) in [6.07, 6.45) is 3.92. The molecule has 14 heteroatoms. The Morgan fingerprint density at radius 3 is 2.50 bits per heavy atom. The van der Waals surface area contributed by atoms with Gasteiger partial charge in [-0.3, -0.25) is 5.10 Å². The lowest BCUT2D eigenvalue weighted by molar-refractivity contribution is -0.244. The summed E-state index contributed by atoms with van der Waals surface area (Å²) in [5.74, 6) is 2.16. The van der Waals surface area contributed by atoms with Gasteiger partial charge in [0.25, 0.3) is 5.89 Å². The molecule has 2 aromatic heterocycles. The van der Waals surface area contributed by atoms with Gasteiger partial charge in [-0.1, -0.05) is 16.9 Å². The summed E-state index contributed by atoms with van der Waals surface area (Å²) in [5.41, 5.74) is 0.621. The third-order valence-corrected chi connectivity index (χ3v) is 7.83. The number of aromatic amines is 1. The first kappa shape index (κ1) is 25.4. The topological polar surface area (TPSA) is 145 Å². The lowest BCUT2D eigenvalue weighted by Crippen LogP contribution is -2.33. The average molecular weight is 548 g/mol. The molecule has 1 saturated carbocycles. The molecule has 3 fully saturated rings. The Bertz CT molecular complexity index is 1210. The van der Waals surface area contributed by atoms with Crippen LogP contribution in [0.4, 0.5) is 0 Å². The van der Waals surface area contributed by atoms with Crippen molar-refractivity contribution in [3.05, 3.63) is 24.3 Å². The van der Waals surface area contributed by atoms with Gasteiger partial charge in [0.1, 0.15) is 25.1 Å². The SMILES string of the molecule is COc1cc(-c2nc(CO[C@@H]3O[C@H](CSc4ncn[nH]4)[C@H]4OC5(CCCC5)O[C@@H]34)no2)cc(OC)c1OC. The van der Waals surface area contributed by atoms with Crippen LogP contribution in [0.15, 0.2) is 28.1 Å². The first-order valence-corrected chi connectivity index (χ1v) is 13.3. The number of hydrogen-bond donors (Lipinski definition) is 1. The smallest absolute Gasteiger partial charge is 0.258 e. The van der Waals surface area contributed by atoms with E-state index >= 15 is 0 Å². The second kappa shape index (κ2) is 10.7. The van der Waals surface area contributed by atoms with Gasteiger partial charge < -0.3 is 37.7 Å². The lowest BCUT2D eigenvalue weighted by Gasteiger charge is -2.26. The fourth-order valence-electron chi connectivity index (χ4n) is 5.12. The van der Waals surface area contributed by atoms with E-state index in [1.54, 1.807) is 33.5 Å². The molecule has 4 atom stereocenters. The standard InChI is InChI=1S/C24H29N5O8S/c1-30-14-8-13(9-15(31-2)18(14)32-3)21-27-17(29-37-21)10-33-22-20-19(35-24(36-20)6-4-5-7-24)16(34-22)11-38-23-25-12-26-28-23/h8-9,12,16,19-20,22H,4-7,10-11H2,1-3H3,(H,25,26,28)/t16-,19-,20-,22-/m1/s1. The molecule has 1 spiro atoms. The molecule has 1 aliphatic carbocycles. The number of thioether (sulfide) groups is 1. The highest BCUT2D eigenvalue weighted by Gasteiger charge is 2.59. The number of benzene rings is 1. The zero-order chi connectivity index (χ0) is 26.1. The van der Waals surface area contributed by atoms with Gasteiger partial charge in [0.05, 0.1) is 27.4 Å². The Hall–Kier alpha value is -2.91. The molecule has 204 valence electrons. The fraction of sp³-hybridized carbons (Fsp3) is 0.583. The summed E-state index contributed by atoms with van der Waals surface area (Å²) >= 11 is 1.52. The molecule has 1 N–H and O–H groups in total. The molecule has 0 amide bonds. The maximum atomic E-state index is 6.45. The number of nitrogens with one attached hydrogen (secondary N) is 1. The van der Waals surface area contributed by atoms with Crippen LogP contribution in [0.1, 0.15) is 31.5 Å². The Kier molecular flexibility index (Phi) is 7.14. The average Bonchev–Trinajstić information content (AvgIpc) is 3.77. The minimum atomic E-state index is -0.636. The quantitative estimate of drug-likeness (QED) is 0.372. The number of H-pyrrole nitrogens is 1. The maximum absolute atomic E-state index is 6.45. The molecular formula is C24H29N5O8S. The number of fused-ring (bicyclic) bond motifs is 1. The van der Waals surface area contributed by atoms with Crippen LogP contribution in [0.25, 0.3) is 11.5 Å². The van der Waals surface area contributed by atoms with Gasteiger partial charge in [0.15, 0.2) is 34.6 Å². The van der Waals surface area contributed by atoms with Gasteiger partial charge in [-0.05, 0) is 25.0 Å². The molecule has 4 heterocycles. The van der Waals surface area contributed by atoms with E-state index in [9.17, 15) is 0 Å². The number of methoxy groups -OCH3 is 3. The molecule has 1 aromatic carbocycles. The Morgan fingerprint density at radius 1 is 1.05 bits per heavy atom. The zero-order valence-corrected chi connectivity index (χ0v) is 22.1. The van der Waals surface area contributed by atoms with E-state index in [1.807, 2.05) is 0 Å². The van der Waals surface area contributed by atoms with Crippen molar-refractivity contribution in [3.63, 3.8) is 0 Å². The van der Waals surface area contributed by atoms with Crippen LogP contribution in [0.3, 0.4) is 0 Å². The monoisotopic (exact) mass is 547 g/mol. The largest absolute Gasteiger partial charge is 0.493 e. The van der Waals surface area contributed by atoms with Crippen molar-refractivity contribution < 1.29 is 37.7 Å². The highest BCUT2D eigenvalue weighted by molar-refractivity contribution is 7.99. The molecular weight excluding hydrogens is 518 g/mol. The summed E-state index contributed by atoms with van der Waals surface area (Å²) in [5, 5.41) is 11.6. The molecule has 6 rings (SSSR count). The van der Waals surface area contributed by atoms with Crippen LogP contribution in [0, 0.1) is 0 Å². The highest BCUT2D eigenvalue weighted by atomic mass is 32.2. The fourth-order valence-corrected chi connectivity index (χ4v) is 5.95. The summed E-state index contributed by atoms with van der Waals surface area (Å²) in [6, 6.07) is 3.48. The first-order valence-electron chi connectivity index (χ1n) is 12.4. The summed E-state index contributed by atoms with van der Waals surface area (Å²) in [7, 11) is 4.64. The van der Waals surface area contributed by atoms with E-state index in [4.69, 9.17) is 37.7 Å². The van der Waals surface area contributed by atoms with Gasteiger partial charge >= 0.3 is 0 Å². The first-order chi connectivity index (χ1) is 18.6. The van der Waals surface area contributed by atoms with Crippen LogP contribution in [-0.2, 0) is 25.6 Å². The molecule has 13 nitrogen and oxygen atoms in total. The van der Waals surface area contributed by atoms with Crippen LogP contribution < -0.4 is 14.2 Å². The van der Waals surface area contributed by atoms with E-state index in [2.05, 4.69) is 25.3 Å². The van der Waals surface area contributed by atoms with E-state index in [-0.39, 0.29) is 24.9 Å². The zero-order valence-electron chi connectivity index (χ0n) is 21.2. The van der Waals surface area contributed by atoms with Gasteiger partial charge in [0, 0.05) is 24.2 Å². The maximum Gasteiger partial charge on any atom is 0.258 e. The lowest BCUT2D eigenvalue weighted by atomic mass is 10.1. The van der Waals surface area contributed by atoms with E-state index in [0.29, 0.717) is 40.3 Å². The predicted octanol–water partition coefficient (Wildman–Crippen LogP) is 2.97. The Labute approximate surface area is 222 Å². The Morgan fingerprint density at radius 2 is 1.82 bits per heavy atom. The van der Waals surface area contributed by atoms with Gasteiger partial charge in [0.2, 0.25) is 5.75 Å². The molecule has 2 aliphatic heterocycles. The molecule has 38 heavy (non-hydrogen) atoms. The number of aromatic nitrogens is 5. The minimum Gasteiger partial charge on any atom is -0.493 e. The van der Waals surface area contributed by atoms with E-state index < -0.39 is 12.1 Å².